The van der Waals surface area contributed by atoms with Crippen LogP contribution in [0.25, 0.3) is 5.65 Å². The molecule has 3 aromatic rings. The molecule has 1 saturated heterocycles. The normalized spacial score (nSPS) is 15.5. The van der Waals surface area contributed by atoms with E-state index >= 15 is 0 Å². The fraction of sp³-hybridized carbons (Fsp3) is 0.500. The average Bonchev–Trinajstić information content (AvgIpc) is 3.28. The number of carboxylic acid groups (broad SMARTS) is 1. The lowest BCUT2D eigenvalue weighted by Gasteiger charge is -2.33. The molecule has 0 spiro atoms. The molecule has 2 aromatic heterocycles. The molecule has 0 radical (unpaired) electrons. The Morgan fingerprint density at radius 1 is 1.11 bits per heavy atom. The zero-order chi connectivity index (χ0) is 27.6. The van der Waals surface area contributed by atoms with Gasteiger partial charge in [0.05, 0.1) is 23.6 Å². The number of ether oxygens (including phenoxy) is 2. The Hall–Kier alpha value is -3.82. The van der Waals surface area contributed by atoms with Crippen molar-refractivity contribution in [1.29, 1.82) is 0 Å². The predicted molar refractivity (Wildman–Crippen MR) is 144 cm³/mol. The van der Waals surface area contributed by atoms with Crippen LogP contribution in [0.4, 0.5) is 15.3 Å². The van der Waals surface area contributed by atoms with Gasteiger partial charge in [-0.1, -0.05) is 44.2 Å². The topological polar surface area (TPSA) is 110 Å². The van der Waals surface area contributed by atoms with Crippen LogP contribution in [0.2, 0.25) is 0 Å². The molecule has 2 amide bonds. The van der Waals surface area contributed by atoms with Gasteiger partial charge in [-0.2, -0.15) is 0 Å². The molecule has 1 fully saturated rings. The van der Waals surface area contributed by atoms with Gasteiger partial charge >= 0.3 is 12.2 Å². The van der Waals surface area contributed by atoms with Crippen LogP contribution in [0.3, 0.4) is 0 Å². The minimum atomic E-state index is -0.923. The van der Waals surface area contributed by atoms with Crippen molar-refractivity contribution in [3.05, 3.63) is 53.9 Å². The van der Waals surface area contributed by atoms with Crippen LogP contribution < -0.4 is 9.64 Å². The summed E-state index contributed by atoms with van der Waals surface area (Å²) in [5.41, 5.74) is 2.16. The van der Waals surface area contributed by atoms with Crippen molar-refractivity contribution in [2.45, 2.75) is 78.0 Å². The number of carbonyl (C=O) groups excluding carboxylic acids is 1. The van der Waals surface area contributed by atoms with E-state index in [0.29, 0.717) is 43.1 Å². The first-order chi connectivity index (χ1) is 17.9. The van der Waals surface area contributed by atoms with Crippen molar-refractivity contribution in [3.63, 3.8) is 0 Å². The van der Waals surface area contributed by atoms with E-state index in [1.165, 1.54) is 4.90 Å². The third kappa shape index (κ3) is 6.00. The summed E-state index contributed by atoms with van der Waals surface area (Å²) in [7, 11) is 0. The molecule has 38 heavy (non-hydrogen) atoms. The van der Waals surface area contributed by atoms with Crippen LogP contribution in [0.5, 0.6) is 5.88 Å². The molecule has 204 valence electrons. The van der Waals surface area contributed by atoms with Gasteiger partial charge in [0, 0.05) is 32.0 Å². The summed E-state index contributed by atoms with van der Waals surface area (Å²) in [5, 5.41) is 14.0. The Morgan fingerprint density at radius 2 is 1.76 bits per heavy atom. The summed E-state index contributed by atoms with van der Waals surface area (Å²) < 4.78 is 13.9. The Kier molecular flexibility index (Phi) is 7.80. The SMILES string of the molecule is CC(C)c1cnc2c(N(C(=O)OC(C)(C)C)[C@@H](C)c3ccccc3)cc(OC3CCN(C(=O)O)CC3)nn12. The number of carbonyl (C=O) groups is 2. The second-order valence-corrected chi connectivity index (χ2v) is 11.0. The highest BCUT2D eigenvalue weighted by atomic mass is 16.6. The zero-order valence-corrected chi connectivity index (χ0v) is 22.9. The van der Waals surface area contributed by atoms with E-state index in [9.17, 15) is 14.7 Å². The van der Waals surface area contributed by atoms with Crippen LogP contribution in [0.1, 0.15) is 77.6 Å². The summed E-state index contributed by atoms with van der Waals surface area (Å²) in [4.78, 5) is 32.7. The number of hydrogen-bond donors (Lipinski definition) is 1. The number of benzene rings is 1. The number of rotatable bonds is 6. The summed E-state index contributed by atoms with van der Waals surface area (Å²) >= 11 is 0. The molecule has 1 aliphatic rings. The van der Waals surface area contributed by atoms with Gasteiger partial charge < -0.3 is 19.5 Å². The molecule has 1 aliphatic heterocycles. The molecule has 0 saturated carbocycles. The van der Waals surface area contributed by atoms with Gasteiger partial charge in [0.1, 0.15) is 11.7 Å². The third-order valence-corrected chi connectivity index (χ3v) is 6.56. The highest BCUT2D eigenvalue weighted by molar-refractivity contribution is 5.93. The Balaban J connectivity index is 1.79. The van der Waals surface area contributed by atoms with Crippen LogP contribution >= 0.6 is 0 Å². The number of anilines is 1. The zero-order valence-electron chi connectivity index (χ0n) is 22.9. The second kappa shape index (κ2) is 10.9. The van der Waals surface area contributed by atoms with Gasteiger partial charge in [-0.05, 0) is 39.2 Å². The third-order valence-electron chi connectivity index (χ3n) is 6.56. The van der Waals surface area contributed by atoms with Crippen molar-refractivity contribution in [3.8, 4) is 5.88 Å². The smallest absolute Gasteiger partial charge is 0.415 e. The summed E-state index contributed by atoms with van der Waals surface area (Å²) in [6, 6.07) is 11.1. The Bertz CT molecular complexity index is 1280. The molecule has 1 atom stereocenters. The van der Waals surface area contributed by atoms with E-state index in [1.54, 1.807) is 21.7 Å². The first-order valence-corrected chi connectivity index (χ1v) is 13.0. The molecule has 0 unspecified atom stereocenters. The molecule has 10 heteroatoms. The molecule has 1 N–H and O–H groups in total. The highest BCUT2D eigenvalue weighted by Crippen LogP contribution is 2.35. The molecule has 3 heterocycles. The van der Waals surface area contributed by atoms with Gasteiger partial charge in [0.25, 0.3) is 0 Å². The molecular weight excluding hydrogens is 486 g/mol. The number of piperidine rings is 1. The second-order valence-electron chi connectivity index (χ2n) is 11.0. The maximum Gasteiger partial charge on any atom is 0.415 e. The number of amides is 2. The number of likely N-dealkylation sites (tertiary alicyclic amines) is 1. The van der Waals surface area contributed by atoms with E-state index < -0.39 is 17.8 Å². The monoisotopic (exact) mass is 523 g/mol. The summed E-state index contributed by atoms with van der Waals surface area (Å²) in [5.74, 6) is 0.468. The van der Waals surface area contributed by atoms with Crippen LogP contribution in [-0.4, -0.2) is 61.6 Å². The van der Waals surface area contributed by atoms with Gasteiger partial charge in [0.15, 0.2) is 5.65 Å². The number of aromatic nitrogens is 3. The summed E-state index contributed by atoms with van der Waals surface area (Å²) in [6.45, 7) is 12.4. The first-order valence-electron chi connectivity index (χ1n) is 13.0. The van der Waals surface area contributed by atoms with E-state index in [-0.39, 0.29) is 18.1 Å². The minimum absolute atomic E-state index is 0.126. The fourth-order valence-corrected chi connectivity index (χ4v) is 4.57. The van der Waals surface area contributed by atoms with Crippen molar-refractivity contribution in [2.75, 3.05) is 18.0 Å². The van der Waals surface area contributed by atoms with Crippen LogP contribution in [0, 0.1) is 0 Å². The molecule has 0 bridgehead atoms. The molecule has 4 rings (SSSR count). The average molecular weight is 524 g/mol. The maximum absolute atomic E-state index is 13.7. The Labute approximate surface area is 223 Å². The lowest BCUT2D eigenvalue weighted by atomic mass is 10.1. The van der Waals surface area contributed by atoms with Crippen molar-refractivity contribution < 1.29 is 24.2 Å². The lowest BCUT2D eigenvalue weighted by Crippen LogP contribution is -2.41. The first kappa shape index (κ1) is 27.2. The molecular formula is C28H37N5O5. The van der Waals surface area contributed by atoms with Gasteiger partial charge in [-0.3, -0.25) is 4.90 Å². The van der Waals surface area contributed by atoms with E-state index in [2.05, 4.69) is 18.8 Å². The van der Waals surface area contributed by atoms with E-state index in [0.717, 1.165) is 11.3 Å². The fourth-order valence-electron chi connectivity index (χ4n) is 4.57. The molecule has 10 nitrogen and oxygen atoms in total. The predicted octanol–water partition coefficient (Wildman–Crippen LogP) is 5.88. The van der Waals surface area contributed by atoms with Gasteiger partial charge in [-0.15, -0.1) is 5.10 Å². The summed E-state index contributed by atoms with van der Waals surface area (Å²) in [6.07, 6.45) is 1.25. The molecule has 1 aromatic carbocycles. The van der Waals surface area contributed by atoms with Gasteiger partial charge in [0.2, 0.25) is 5.88 Å². The van der Waals surface area contributed by atoms with Crippen LogP contribution in [0.15, 0.2) is 42.6 Å². The van der Waals surface area contributed by atoms with Crippen molar-refractivity contribution >= 4 is 23.5 Å². The van der Waals surface area contributed by atoms with Gasteiger partial charge in [-0.25, -0.2) is 19.1 Å². The largest absolute Gasteiger partial charge is 0.473 e. The number of hydrogen-bond acceptors (Lipinski definition) is 6. The van der Waals surface area contributed by atoms with Crippen LogP contribution in [-0.2, 0) is 4.74 Å². The maximum atomic E-state index is 13.7. The molecule has 0 aliphatic carbocycles. The quantitative estimate of drug-likeness (QED) is 0.430. The van der Waals surface area contributed by atoms with Crippen molar-refractivity contribution in [2.24, 2.45) is 0 Å². The number of imidazole rings is 1. The number of fused-ring (bicyclic) bond motifs is 1. The van der Waals surface area contributed by atoms with Crippen molar-refractivity contribution in [1.82, 2.24) is 19.5 Å². The Morgan fingerprint density at radius 3 is 2.34 bits per heavy atom. The van der Waals surface area contributed by atoms with E-state index in [1.807, 2.05) is 58.0 Å². The van der Waals surface area contributed by atoms with E-state index in [4.69, 9.17) is 14.6 Å². The standard InChI is InChI=1S/C28H37N5O5/c1-18(2)23-17-29-25-22(16-24(30-33(23)25)37-21-12-14-31(15-13-21)26(34)35)32(27(36)38-28(4,5)6)19(3)20-10-8-7-9-11-20/h7-11,16-19,21H,12-15H2,1-6H3,(H,34,35)/t19-/m0/s1. The number of nitrogens with zero attached hydrogens (tertiary/aromatic N) is 5. The minimum Gasteiger partial charge on any atom is -0.473 e. The lowest BCUT2D eigenvalue weighted by molar-refractivity contribution is 0.0567. The highest BCUT2D eigenvalue weighted by Gasteiger charge is 2.32.